The molecule has 50 heavy (non-hydrogen) atoms. The molecule has 0 heterocycles. The van der Waals surface area contributed by atoms with Crippen LogP contribution in [-0.2, 0) is 0 Å². The van der Waals surface area contributed by atoms with Gasteiger partial charge in [-0.05, 0) is 105 Å². The molecule has 2 nitrogen and oxygen atoms in total. The van der Waals surface area contributed by atoms with Crippen molar-refractivity contribution >= 4 is 66.4 Å². The molecule has 0 aromatic heterocycles. The van der Waals surface area contributed by atoms with Crippen molar-refractivity contribution in [2.24, 2.45) is 0 Å². The Bertz CT molecular complexity index is 2300. The van der Waals surface area contributed by atoms with Gasteiger partial charge in [-0.15, -0.1) is 0 Å². The Labute approximate surface area is 292 Å². The van der Waals surface area contributed by atoms with Crippen molar-refractivity contribution in [3.05, 3.63) is 168 Å². The summed E-state index contributed by atoms with van der Waals surface area (Å²) in [7, 11) is 0. The topological polar surface area (TPSA) is 6.48 Å². The van der Waals surface area contributed by atoms with Gasteiger partial charge in [0.05, 0.1) is 22.7 Å². The van der Waals surface area contributed by atoms with Crippen LogP contribution in [0.3, 0.4) is 0 Å². The molecular weight excluding hydrogens is 619 g/mol. The Hall–Kier alpha value is -5.74. The van der Waals surface area contributed by atoms with Gasteiger partial charge in [0.25, 0.3) is 0 Å². The minimum Gasteiger partial charge on any atom is -0.307 e. The van der Waals surface area contributed by atoms with Gasteiger partial charge < -0.3 is 9.80 Å². The van der Waals surface area contributed by atoms with Crippen molar-refractivity contribution in [1.82, 2.24) is 0 Å². The van der Waals surface area contributed by atoms with Crippen LogP contribution in [-0.4, -0.2) is 0 Å². The second-order valence-corrected chi connectivity index (χ2v) is 13.6. The van der Waals surface area contributed by atoms with Crippen LogP contribution < -0.4 is 9.80 Å². The number of hydrogen-bond donors (Lipinski definition) is 0. The quantitative estimate of drug-likeness (QED) is 0.150. The zero-order chi connectivity index (χ0) is 34.5. The number of para-hydroxylation sites is 4. The molecule has 8 aromatic rings. The first-order valence-corrected chi connectivity index (χ1v) is 17.3. The Kier molecular flexibility index (Phi) is 7.95. The first-order chi connectivity index (χ1) is 24.3. The summed E-state index contributed by atoms with van der Waals surface area (Å²) < 4.78 is 31.7. The van der Waals surface area contributed by atoms with Crippen molar-refractivity contribution < 1.29 is 8.78 Å². The van der Waals surface area contributed by atoms with Crippen LogP contribution in [0.15, 0.2) is 146 Å². The van der Waals surface area contributed by atoms with Gasteiger partial charge in [-0.25, -0.2) is 8.78 Å². The fourth-order valence-corrected chi connectivity index (χ4v) is 7.57. The van der Waals surface area contributed by atoms with Gasteiger partial charge in [-0.3, -0.25) is 0 Å². The molecule has 0 atom stereocenters. The van der Waals surface area contributed by atoms with Crippen molar-refractivity contribution in [1.29, 1.82) is 0 Å². The molecular formula is C46H38F2N2. The third-order valence-electron chi connectivity index (χ3n) is 9.86. The molecule has 0 N–H and O–H groups in total. The molecule has 0 bridgehead atoms. The Morgan fingerprint density at radius 2 is 0.720 bits per heavy atom. The van der Waals surface area contributed by atoms with E-state index in [1.165, 1.54) is 34.0 Å². The number of rotatable bonds is 8. The third-order valence-corrected chi connectivity index (χ3v) is 9.86. The lowest BCUT2D eigenvalue weighted by molar-refractivity contribution is 0.628. The van der Waals surface area contributed by atoms with Crippen molar-refractivity contribution in [3.63, 3.8) is 0 Å². The van der Waals surface area contributed by atoms with E-state index < -0.39 is 0 Å². The average Bonchev–Trinajstić information content (AvgIpc) is 3.13. The van der Waals surface area contributed by atoms with E-state index in [2.05, 4.69) is 64.1 Å². The lowest BCUT2D eigenvalue weighted by Gasteiger charge is -2.31. The number of anilines is 6. The molecule has 8 aromatic carbocycles. The molecule has 0 spiro atoms. The van der Waals surface area contributed by atoms with E-state index >= 15 is 8.78 Å². The van der Waals surface area contributed by atoms with Crippen LogP contribution in [0.1, 0.15) is 50.7 Å². The number of nitrogens with zero attached hydrogens (tertiary/aromatic N) is 2. The van der Waals surface area contributed by atoms with E-state index in [1.54, 1.807) is 12.1 Å². The Morgan fingerprint density at radius 3 is 1.08 bits per heavy atom. The van der Waals surface area contributed by atoms with Gasteiger partial charge in [0.15, 0.2) is 0 Å². The van der Waals surface area contributed by atoms with Gasteiger partial charge in [-0.2, -0.15) is 0 Å². The smallest absolute Gasteiger partial charge is 0.147 e. The van der Waals surface area contributed by atoms with E-state index in [1.807, 2.05) is 94.7 Å². The fourth-order valence-electron chi connectivity index (χ4n) is 7.57. The zero-order valence-corrected chi connectivity index (χ0v) is 28.7. The molecule has 0 aliphatic heterocycles. The van der Waals surface area contributed by atoms with Gasteiger partial charge in [0, 0.05) is 22.1 Å². The summed E-state index contributed by atoms with van der Waals surface area (Å²) in [4.78, 5) is 4.10. The van der Waals surface area contributed by atoms with E-state index in [0.717, 1.165) is 44.3 Å². The SMILES string of the molecule is CC(C)c1cc(N(c2ccccc2)c2ccccc2F)c2ccc3c(C(C)C)cc(N(c4ccccc4)c4ccccc4F)c4ccc1c2c34. The number of hydrogen-bond acceptors (Lipinski definition) is 2. The highest BCUT2D eigenvalue weighted by atomic mass is 19.1. The largest absolute Gasteiger partial charge is 0.307 e. The standard InChI is InChI=1S/C46H38F2N2/c1-29(2)37-27-43(49(31-15-7-5-8-16-31)41-21-13-11-19-39(41)47)35-26-24-34-38(30(3)4)28-44(36-25-23-33(37)45(35)46(34)36)50(32-17-9-6-10-18-32)42-22-14-12-20-40(42)48/h5-30H,1-4H3. The van der Waals surface area contributed by atoms with E-state index in [0.29, 0.717) is 11.4 Å². The van der Waals surface area contributed by atoms with Gasteiger partial charge in [-0.1, -0.05) is 113 Å². The van der Waals surface area contributed by atoms with E-state index in [4.69, 9.17) is 0 Å². The normalized spacial score (nSPS) is 11.8. The highest BCUT2D eigenvalue weighted by molar-refractivity contribution is 6.29. The van der Waals surface area contributed by atoms with Crippen LogP contribution in [0.2, 0.25) is 0 Å². The summed E-state index contributed by atoms with van der Waals surface area (Å²) in [6, 6.07) is 47.3. The molecule has 0 aliphatic carbocycles. The highest BCUT2D eigenvalue weighted by Crippen LogP contribution is 2.51. The molecule has 4 heteroatoms. The molecule has 0 unspecified atom stereocenters. The fraction of sp³-hybridized carbons (Fsp3) is 0.130. The summed E-state index contributed by atoms with van der Waals surface area (Å²) in [6.07, 6.45) is 0. The van der Waals surface area contributed by atoms with Crippen LogP contribution in [0.25, 0.3) is 32.3 Å². The molecule has 0 saturated carbocycles. The molecule has 246 valence electrons. The zero-order valence-electron chi connectivity index (χ0n) is 28.7. The van der Waals surface area contributed by atoms with Gasteiger partial charge in [0.1, 0.15) is 11.6 Å². The molecule has 8 rings (SSSR count). The minimum absolute atomic E-state index is 0.194. The third kappa shape index (κ3) is 5.14. The minimum atomic E-state index is -0.291. The Balaban J connectivity index is 1.54. The van der Waals surface area contributed by atoms with Crippen LogP contribution >= 0.6 is 0 Å². The summed E-state index contributed by atoms with van der Waals surface area (Å²) in [5, 5.41) is 6.65. The molecule has 0 saturated heterocycles. The average molecular weight is 657 g/mol. The summed E-state index contributed by atoms with van der Waals surface area (Å²) in [5.74, 6) is -0.193. The second kappa shape index (κ2) is 12.6. The molecule has 0 aliphatic rings. The van der Waals surface area contributed by atoms with Crippen LogP contribution in [0, 0.1) is 11.6 Å². The number of benzene rings is 8. The van der Waals surface area contributed by atoms with Crippen molar-refractivity contribution in [2.45, 2.75) is 39.5 Å². The second-order valence-electron chi connectivity index (χ2n) is 13.6. The maximum Gasteiger partial charge on any atom is 0.147 e. The maximum atomic E-state index is 15.8. The lowest BCUT2D eigenvalue weighted by Crippen LogP contribution is -2.14. The Morgan fingerprint density at radius 1 is 0.380 bits per heavy atom. The summed E-state index contributed by atoms with van der Waals surface area (Å²) in [5.41, 5.74) is 6.93. The number of halogens is 2. The summed E-state index contributed by atoms with van der Waals surface area (Å²) >= 11 is 0. The van der Waals surface area contributed by atoms with Gasteiger partial charge in [0.2, 0.25) is 0 Å². The summed E-state index contributed by atoms with van der Waals surface area (Å²) in [6.45, 7) is 8.86. The van der Waals surface area contributed by atoms with E-state index in [-0.39, 0.29) is 23.5 Å². The first-order valence-electron chi connectivity index (χ1n) is 17.3. The van der Waals surface area contributed by atoms with Crippen LogP contribution in [0.5, 0.6) is 0 Å². The molecule has 0 amide bonds. The predicted octanol–water partition coefficient (Wildman–Crippen LogP) is 14.0. The van der Waals surface area contributed by atoms with E-state index in [9.17, 15) is 0 Å². The monoisotopic (exact) mass is 656 g/mol. The van der Waals surface area contributed by atoms with Crippen LogP contribution in [0.4, 0.5) is 42.9 Å². The molecule has 0 radical (unpaired) electrons. The molecule has 0 fully saturated rings. The maximum absolute atomic E-state index is 15.8. The van der Waals surface area contributed by atoms with Crippen molar-refractivity contribution in [2.75, 3.05) is 9.80 Å². The van der Waals surface area contributed by atoms with Crippen molar-refractivity contribution in [3.8, 4) is 0 Å². The predicted molar refractivity (Wildman–Crippen MR) is 208 cm³/mol. The van der Waals surface area contributed by atoms with Gasteiger partial charge >= 0.3 is 0 Å². The first kappa shape index (κ1) is 31.5. The highest BCUT2D eigenvalue weighted by Gasteiger charge is 2.27. The lowest BCUT2D eigenvalue weighted by atomic mass is 9.84.